The molecule has 2 nitrogen and oxygen atoms in total. The first-order valence-corrected chi connectivity index (χ1v) is 8.17. The van der Waals surface area contributed by atoms with Crippen LogP contribution in [0.1, 0.15) is 58.4 Å². The summed E-state index contributed by atoms with van der Waals surface area (Å²) in [6, 6.07) is 8.16. The molecule has 1 aliphatic carbocycles. The molecule has 0 bridgehead atoms. The van der Waals surface area contributed by atoms with Gasteiger partial charge in [-0.05, 0) is 49.0 Å². The second-order valence-electron chi connectivity index (χ2n) is 6.29. The predicted molar refractivity (Wildman–Crippen MR) is 88.4 cm³/mol. The first-order valence-electron chi connectivity index (χ1n) is 8.17. The zero-order chi connectivity index (χ0) is 15.2. The van der Waals surface area contributed by atoms with Gasteiger partial charge in [-0.25, -0.2) is 0 Å². The highest BCUT2D eigenvalue weighted by atomic mass is 16.7. The largest absolute Gasteiger partial charge is 0.465 e. The van der Waals surface area contributed by atoms with Crippen molar-refractivity contribution >= 4 is 5.57 Å². The lowest BCUT2D eigenvalue weighted by atomic mass is 9.97. The molecule has 0 aliphatic heterocycles. The molecular formula is C19H28O2. The summed E-state index contributed by atoms with van der Waals surface area (Å²) in [6.45, 7) is 10.4. The molecule has 0 aromatic heterocycles. The molecule has 0 amide bonds. The Hall–Kier alpha value is -1.28. The highest BCUT2D eigenvalue weighted by molar-refractivity contribution is 5.65. The fraction of sp³-hybridized carbons (Fsp3) is 0.579. The Bertz CT molecular complexity index is 441. The molecule has 0 heterocycles. The van der Waals surface area contributed by atoms with Crippen LogP contribution in [0.5, 0.6) is 5.75 Å². The van der Waals surface area contributed by atoms with E-state index in [1.165, 1.54) is 37.7 Å². The van der Waals surface area contributed by atoms with Crippen LogP contribution in [0.15, 0.2) is 30.8 Å². The summed E-state index contributed by atoms with van der Waals surface area (Å²) in [7, 11) is 0. The lowest BCUT2D eigenvalue weighted by Crippen LogP contribution is -2.26. The van der Waals surface area contributed by atoms with Gasteiger partial charge in [0.2, 0.25) is 0 Å². The van der Waals surface area contributed by atoms with E-state index in [0.717, 1.165) is 11.3 Å². The minimum absolute atomic E-state index is 0.188. The Morgan fingerprint density at radius 3 is 2.24 bits per heavy atom. The van der Waals surface area contributed by atoms with Gasteiger partial charge in [0.1, 0.15) is 5.75 Å². The van der Waals surface area contributed by atoms with Gasteiger partial charge in [0.25, 0.3) is 0 Å². The zero-order valence-corrected chi connectivity index (χ0v) is 13.6. The average Bonchev–Trinajstić information content (AvgIpc) is 2.48. The van der Waals surface area contributed by atoms with Gasteiger partial charge in [0, 0.05) is 0 Å². The van der Waals surface area contributed by atoms with Crippen molar-refractivity contribution in [2.75, 3.05) is 0 Å². The fourth-order valence-electron chi connectivity index (χ4n) is 2.77. The fourth-order valence-corrected chi connectivity index (χ4v) is 2.77. The summed E-state index contributed by atoms with van der Waals surface area (Å²) in [5.41, 5.74) is 2.34. The van der Waals surface area contributed by atoms with Crippen molar-refractivity contribution in [3.63, 3.8) is 0 Å². The molecule has 21 heavy (non-hydrogen) atoms. The van der Waals surface area contributed by atoms with E-state index in [0.29, 0.717) is 12.0 Å². The van der Waals surface area contributed by atoms with Crippen LogP contribution in [0.3, 0.4) is 0 Å². The van der Waals surface area contributed by atoms with Crippen molar-refractivity contribution in [1.82, 2.24) is 0 Å². The smallest absolute Gasteiger partial charge is 0.197 e. The van der Waals surface area contributed by atoms with Crippen LogP contribution in [0, 0.1) is 5.92 Å². The SMILES string of the molecule is C=C(c1ccc(OC(C)OC2CCCCC2)cc1)C(C)C. The standard InChI is InChI=1S/C19H28O2/c1-14(2)15(3)17-10-12-19(13-11-17)21-16(4)20-18-8-6-5-7-9-18/h10-14,16,18H,3,5-9H2,1-2,4H3. The molecule has 2 rings (SSSR count). The second-order valence-corrected chi connectivity index (χ2v) is 6.29. The van der Waals surface area contributed by atoms with Crippen molar-refractivity contribution in [3.8, 4) is 5.75 Å². The van der Waals surface area contributed by atoms with E-state index in [2.05, 4.69) is 32.6 Å². The highest BCUT2D eigenvalue weighted by Gasteiger charge is 2.17. The maximum absolute atomic E-state index is 5.97. The lowest BCUT2D eigenvalue weighted by molar-refractivity contribution is -0.116. The van der Waals surface area contributed by atoms with Crippen LogP contribution in [-0.2, 0) is 4.74 Å². The van der Waals surface area contributed by atoms with Crippen LogP contribution in [0.25, 0.3) is 5.57 Å². The molecule has 0 saturated heterocycles. The number of allylic oxidation sites excluding steroid dienone is 1. The predicted octanol–water partition coefficient (Wildman–Crippen LogP) is 5.43. The number of hydrogen-bond acceptors (Lipinski definition) is 2. The molecule has 0 radical (unpaired) electrons. The topological polar surface area (TPSA) is 18.5 Å². The number of rotatable bonds is 6. The molecule has 1 atom stereocenters. The van der Waals surface area contributed by atoms with Crippen molar-refractivity contribution in [2.24, 2.45) is 5.92 Å². The van der Waals surface area contributed by atoms with Crippen LogP contribution < -0.4 is 4.74 Å². The molecular weight excluding hydrogens is 260 g/mol. The lowest BCUT2D eigenvalue weighted by Gasteiger charge is -2.26. The maximum Gasteiger partial charge on any atom is 0.197 e. The maximum atomic E-state index is 5.97. The first kappa shape index (κ1) is 16.1. The minimum atomic E-state index is -0.188. The van der Waals surface area contributed by atoms with Gasteiger partial charge in [-0.2, -0.15) is 0 Å². The molecule has 1 aromatic carbocycles. The summed E-state index contributed by atoms with van der Waals surface area (Å²) in [4.78, 5) is 0. The van der Waals surface area contributed by atoms with Gasteiger partial charge in [-0.1, -0.05) is 51.8 Å². The highest BCUT2D eigenvalue weighted by Crippen LogP contribution is 2.25. The van der Waals surface area contributed by atoms with Gasteiger partial charge in [0.15, 0.2) is 6.29 Å². The third-order valence-corrected chi connectivity index (χ3v) is 4.16. The summed E-state index contributed by atoms with van der Waals surface area (Å²) < 4.78 is 11.8. The molecule has 1 unspecified atom stereocenters. The van der Waals surface area contributed by atoms with Gasteiger partial charge in [0.05, 0.1) is 6.10 Å². The molecule has 116 valence electrons. The van der Waals surface area contributed by atoms with E-state index >= 15 is 0 Å². The van der Waals surface area contributed by atoms with E-state index in [9.17, 15) is 0 Å². The Balaban J connectivity index is 1.86. The third-order valence-electron chi connectivity index (χ3n) is 4.16. The third kappa shape index (κ3) is 4.89. The van der Waals surface area contributed by atoms with Crippen LogP contribution in [-0.4, -0.2) is 12.4 Å². The van der Waals surface area contributed by atoms with Gasteiger partial charge < -0.3 is 9.47 Å². The Kier molecular flexibility index (Phi) is 5.86. The zero-order valence-electron chi connectivity index (χ0n) is 13.6. The van der Waals surface area contributed by atoms with Gasteiger partial charge in [-0.15, -0.1) is 0 Å². The van der Waals surface area contributed by atoms with E-state index in [1.807, 2.05) is 19.1 Å². The van der Waals surface area contributed by atoms with Gasteiger partial charge >= 0.3 is 0 Å². The van der Waals surface area contributed by atoms with Crippen LogP contribution in [0.4, 0.5) is 0 Å². The van der Waals surface area contributed by atoms with Gasteiger partial charge in [-0.3, -0.25) is 0 Å². The number of hydrogen-bond donors (Lipinski definition) is 0. The van der Waals surface area contributed by atoms with Crippen molar-refractivity contribution in [1.29, 1.82) is 0 Å². The summed E-state index contributed by atoms with van der Waals surface area (Å²) >= 11 is 0. The first-order chi connectivity index (χ1) is 10.1. The monoisotopic (exact) mass is 288 g/mol. The second kappa shape index (κ2) is 7.65. The Morgan fingerprint density at radius 2 is 1.67 bits per heavy atom. The number of benzene rings is 1. The molecule has 1 fully saturated rings. The Morgan fingerprint density at radius 1 is 1.05 bits per heavy atom. The van der Waals surface area contributed by atoms with E-state index in [4.69, 9.17) is 9.47 Å². The summed E-state index contributed by atoms with van der Waals surface area (Å²) in [5.74, 6) is 1.32. The Labute approximate surface area is 129 Å². The van der Waals surface area contributed by atoms with E-state index in [1.54, 1.807) is 0 Å². The molecule has 1 aliphatic rings. The molecule has 0 spiro atoms. The quantitative estimate of drug-likeness (QED) is 0.650. The van der Waals surface area contributed by atoms with Crippen molar-refractivity contribution in [2.45, 2.75) is 65.3 Å². The molecule has 2 heteroatoms. The average molecular weight is 288 g/mol. The summed E-state index contributed by atoms with van der Waals surface area (Å²) in [5, 5.41) is 0. The van der Waals surface area contributed by atoms with E-state index < -0.39 is 0 Å². The number of ether oxygens (including phenoxy) is 2. The molecule has 0 N–H and O–H groups in total. The normalized spacial score (nSPS) is 17.7. The summed E-state index contributed by atoms with van der Waals surface area (Å²) in [6.07, 6.45) is 6.42. The van der Waals surface area contributed by atoms with Crippen LogP contribution >= 0.6 is 0 Å². The van der Waals surface area contributed by atoms with Crippen molar-refractivity contribution in [3.05, 3.63) is 36.4 Å². The minimum Gasteiger partial charge on any atom is -0.465 e. The molecule has 1 aromatic rings. The van der Waals surface area contributed by atoms with E-state index in [-0.39, 0.29) is 6.29 Å². The van der Waals surface area contributed by atoms with Crippen LogP contribution in [0.2, 0.25) is 0 Å². The molecule has 1 saturated carbocycles. The van der Waals surface area contributed by atoms with Crippen molar-refractivity contribution < 1.29 is 9.47 Å².